The van der Waals surface area contributed by atoms with Crippen LogP contribution in [-0.2, 0) is 27.5 Å². The van der Waals surface area contributed by atoms with Gasteiger partial charge < -0.3 is 10.6 Å². The van der Waals surface area contributed by atoms with Crippen molar-refractivity contribution in [3.63, 3.8) is 0 Å². The number of aromatic nitrogens is 3. The van der Waals surface area contributed by atoms with Crippen LogP contribution < -0.4 is 11.1 Å². The molecular formula is C22H25N7O4. The van der Waals surface area contributed by atoms with Crippen molar-refractivity contribution in [2.45, 2.75) is 44.8 Å². The van der Waals surface area contributed by atoms with E-state index in [1.165, 1.54) is 4.90 Å². The highest BCUT2D eigenvalue weighted by Crippen LogP contribution is 2.31. The number of fused-ring (bicyclic) bond motifs is 1. The minimum Gasteiger partial charge on any atom is -0.369 e. The molecular weight excluding hydrogens is 426 g/mol. The smallest absolute Gasteiger partial charge is 0.255 e. The second-order valence-corrected chi connectivity index (χ2v) is 8.81. The Morgan fingerprint density at radius 2 is 1.94 bits per heavy atom. The Hall–Kier alpha value is -3.60. The lowest BCUT2D eigenvalue weighted by Crippen LogP contribution is -2.52. The molecule has 11 heteroatoms. The van der Waals surface area contributed by atoms with Crippen molar-refractivity contribution in [2.75, 3.05) is 13.1 Å². The number of nitrogens with two attached hydrogens (primary N) is 1. The number of hydrogen-bond acceptors (Lipinski definition) is 7. The number of piperidine rings is 2. The van der Waals surface area contributed by atoms with Crippen LogP contribution in [0.4, 0.5) is 0 Å². The first-order chi connectivity index (χ1) is 15.9. The zero-order valence-corrected chi connectivity index (χ0v) is 18.1. The van der Waals surface area contributed by atoms with Gasteiger partial charge in [-0.25, -0.2) is 4.68 Å². The molecule has 0 radical (unpaired) electrons. The molecule has 1 aromatic carbocycles. The SMILES string of the molecule is NC(=O)C1CCN(Cc2cn(-c3cccc4c3CN(C3CCC(=O)NC3=O)C4=O)nn2)CC1. The van der Waals surface area contributed by atoms with Crippen molar-refractivity contribution >= 4 is 23.6 Å². The van der Waals surface area contributed by atoms with E-state index in [-0.39, 0.29) is 36.6 Å². The average molecular weight is 451 g/mol. The summed E-state index contributed by atoms with van der Waals surface area (Å²) in [6.45, 7) is 2.43. The third-order valence-electron chi connectivity index (χ3n) is 6.72. The Labute approximate surface area is 189 Å². The average Bonchev–Trinajstić information content (AvgIpc) is 3.39. The Bertz CT molecular complexity index is 1140. The zero-order chi connectivity index (χ0) is 23.1. The fourth-order valence-electron chi connectivity index (χ4n) is 4.88. The highest BCUT2D eigenvalue weighted by Gasteiger charge is 2.40. The van der Waals surface area contributed by atoms with E-state index in [4.69, 9.17) is 5.73 Å². The molecule has 1 aromatic heterocycles. The van der Waals surface area contributed by atoms with Crippen molar-refractivity contribution < 1.29 is 19.2 Å². The molecule has 0 saturated carbocycles. The lowest BCUT2D eigenvalue weighted by atomic mass is 9.96. The van der Waals surface area contributed by atoms with Gasteiger partial charge in [-0.1, -0.05) is 11.3 Å². The number of nitrogens with zero attached hydrogens (tertiary/aromatic N) is 5. The number of carbonyl (C=O) groups excluding carboxylic acids is 4. The van der Waals surface area contributed by atoms with Crippen molar-refractivity contribution in [3.05, 3.63) is 41.2 Å². The molecule has 0 aliphatic carbocycles. The summed E-state index contributed by atoms with van der Waals surface area (Å²) in [5.41, 5.74) is 8.25. The molecule has 0 spiro atoms. The van der Waals surface area contributed by atoms with Gasteiger partial charge in [0, 0.05) is 36.6 Å². The van der Waals surface area contributed by atoms with Gasteiger partial charge >= 0.3 is 0 Å². The number of likely N-dealkylation sites (tertiary alicyclic amines) is 1. The van der Waals surface area contributed by atoms with Gasteiger partial charge in [0.1, 0.15) is 6.04 Å². The first kappa shape index (κ1) is 21.3. The van der Waals surface area contributed by atoms with Gasteiger partial charge in [0.2, 0.25) is 17.7 Å². The van der Waals surface area contributed by atoms with E-state index in [9.17, 15) is 19.2 Å². The molecule has 4 heterocycles. The lowest BCUT2D eigenvalue weighted by molar-refractivity contribution is -0.137. The standard InChI is InChI=1S/C22H25N7O4/c23-20(31)13-6-8-27(9-7-13)10-14-11-29(26-25-14)17-3-1-2-15-16(17)12-28(22(15)33)18-4-5-19(30)24-21(18)32/h1-3,11,13,18H,4-10,12H2,(H2,23,31)(H,24,30,32). The summed E-state index contributed by atoms with van der Waals surface area (Å²) in [4.78, 5) is 51.9. The van der Waals surface area contributed by atoms with Gasteiger partial charge in [-0.2, -0.15) is 0 Å². The predicted molar refractivity (Wildman–Crippen MR) is 115 cm³/mol. The molecule has 2 fully saturated rings. The molecule has 1 unspecified atom stereocenters. The summed E-state index contributed by atoms with van der Waals surface area (Å²) in [5, 5.41) is 10.9. The minimum atomic E-state index is -0.662. The van der Waals surface area contributed by atoms with E-state index >= 15 is 0 Å². The fourth-order valence-corrected chi connectivity index (χ4v) is 4.88. The molecule has 2 aromatic rings. The quantitative estimate of drug-likeness (QED) is 0.595. The number of nitrogens with one attached hydrogen (secondary N) is 1. The van der Waals surface area contributed by atoms with E-state index in [0.29, 0.717) is 18.5 Å². The third-order valence-corrected chi connectivity index (χ3v) is 6.72. The third kappa shape index (κ3) is 3.99. The fraction of sp³-hybridized carbons (Fsp3) is 0.455. The van der Waals surface area contributed by atoms with Gasteiger partial charge in [-0.3, -0.25) is 29.4 Å². The summed E-state index contributed by atoms with van der Waals surface area (Å²) in [5.74, 6) is -1.26. The largest absolute Gasteiger partial charge is 0.369 e. The number of hydrogen-bond donors (Lipinski definition) is 2. The molecule has 3 N–H and O–H groups in total. The van der Waals surface area contributed by atoms with E-state index in [2.05, 4.69) is 20.5 Å². The molecule has 172 valence electrons. The number of amides is 4. The van der Waals surface area contributed by atoms with Crippen LogP contribution in [0.25, 0.3) is 5.69 Å². The van der Waals surface area contributed by atoms with Gasteiger partial charge in [0.05, 0.1) is 17.6 Å². The zero-order valence-electron chi connectivity index (χ0n) is 18.1. The molecule has 5 rings (SSSR count). The molecule has 0 bridgehead atoms. The van der Waals surface area contributed by atoms with Gasteiger partial charge in [-0.05, 0) is 44.5 Å². The summed E-state index contributed by atoms with van der Waals surface area (Å²) < 4.78 is 1.66. The van der Waals surface area contributed by atoms with Crippen molar-refractivity contribution in [3.8, 4) is 5.69 Å². The van der Waals surface area contributed by atoms with E-state index < -0.39 is 11.9 Å². The molecule has 3 aliphatic heterocycles. The molecule has 3 aliphatic rings. The number of benzene rings is 1. The predicted octanol–water partition coefficient (Wildman–Crippen LogP) is -0.274. The minimum absolute atomic E-state index is 0.0614. The Morgan fingerprint density at radius 3 is 2.67 bits per heavy atom. The summed E-state index contributed by atoms with van der Waals surface area (Å²) in [7, 11) is 0. The van der Waals surface area contributed by atoms with E-state index in [0.717, 1.165) is 42.9 Å². The Kier molecular flexibility index (Phi) is 5.41. The Balaban J connectivity index is 1.32. The lowest BCUT2D eigenvalue weighted by Gasteiger charge is -2.29. The van der Waals surface area contributed by atoms with E-state index in [1.54, 1.807) is 16.8 Å². The van der Waals surface area contributed by atoms with Crippen molar-refractivity contribution in [1.82, 2.24) is 30.1 Å². The maximum Gasteiger partial charge on any atom is 0.255 e. The number of imide groups is 1. The summed E-state index contributed by atoms with van der Waals surface area (Å²) in [6.07, 6.45) is 3.86. The number of rotatable bonds is 5. The second-order valence-electron chi connectivity index (χ2n) is 8.81. The second kappa shape index (κ2) is 8.39. The molecule has 2 saturated heterocycles. The first-order valence-electron chi connectivity index (χ1n) is 11.1. The molecule has 4 amide bonds. The van der Waals surface area contributed by atoms with Gasteiger partial charge in [-0.15, -0.1) is 5.10 Å². The maximum atomic E-state index is 13.0. The summed E-state index contributed by atoms with van der Waals surface area (Å²) in [6, 6.07) is 4.74. The molecule has 1 atom stereocenters. The maximum absolute atomic E-state index is 13.0. The monoisotopic (exact) mass is 451 g/mol. The highest BCUT2D eigenvalue weighted by atomic mass is 16.2. The van der Waals surface area contributed by atoms with Gasteiger partial charge in [0.15, 0.2) is 0 Å². The van der Waals surface area contributed by atoms with Gasteiger partial charge in [0.25, 0.3) is 5.91 Å². The Morgan fingerprint density at radius 1 is 1.15 bits per heavy atom. The first-order valence-corrected chi connectivity index (χ1v) is 11.1. The highest BCUT2D eigenvalue weighted by molar-refractivity contribution is 6.05. The van der Waals surface area contributed by atoms with Crippen molar-refractivity contribution in [1.29, 1.82) is 0 Å². The van der Waals surface area contributed by atoms with Crippen LogP contribution in [0.5, 0.6) is 0 Å². The topological polar surface area (TPSA) is 144 Å². The van der Waals surface area contributed by atoms with Crippen LogP contribution in [0.1, 0.15) is 47.3 Å². The van der Waals surface area contributed by atoms with Crippen LogP contribution in [0.15, 0.2) is 24.4 Å². The normalized spacial score (nSPS) is 21.9. The van der Waals surface area contributed by atoms with Crippen LogP contribution in [0.3, 0.4) is 0 Å². The molecule has 33 heavy (non-hydrogen) atoms. The van der Waals surface area contributed by atoms with Crippen LogP contribution in [0, 0.1) is 5.92 Å². The summed E-state index contributed by atoms with van der Waals surface area (Å²) >= 11 is 0. The van der Waals surface area contributed by atoms with Crippen LogP contribution in [-0.4, -0.2) is 67.6 Å². The van der Waals surface area contributed by atoms with Crippen LogP contribution >= 0.6 is 0 Å². The van der Waals surface area contributed by atoms with E-state index in [1.807, 2.05) is 12.3 Å². The van der Waals surface area contributed by atoms with Crippen molar-refractivity contribution in [2.24, 2.45) is 11.7 Å². The molecule has 11 nitrogen and oxygen atoms in total. The van der Waals surface area contributed by atoms with Crippen LogP contribution in [0.2, 0.25) is 0 Å². The number of primary amides is 1. The number of carbonyl (C=O) groups is 4.